The number of halogens is 1. The van der Waals surface area contributed by atoms with Crippen LogP contribution in [0.2, 0.25) is 0 Å². The smallest absolute Gasteiger partial charge is 0.241 e. The standard InChI is InChI=1S/C12H16FN3O/c1-15(2)7-11(17)16-6-5-8-10(16)4-3-9(14)12(8)13/h3-4H,5-7,14H2,1-2H3. The highest BCUT2D eigenvalue weighted by Gasteiger charge is 2.27. The van der Waals surface area contributed by atoms with Crippen molar-refractivity contribution in [2.75, 3.05) is 37.8 Å². The van der Waals surface area contributed by atoms with Gasteiger partial charge in [-0.25, -0.2) is 4.39 Å². The van der Waals surface area contributed by atoms with Crippen LogP contribution in [0.4, 0.5) is 15.8 Å². The second kappa shape index (κ2) is 4.33. The number of hydrogen-bond donors (Lipinski definition) is 1. The van der Waals surface area contributed by atoms with Gasteiger partial charge < -0.3 is 15.5 Å². The lowest BCUT2D eigenvalue weighted by atomic mass is 10.1. The molecule has 0 aliphatic carbocycles. The summed E-state index contributed by atoms with van der Waals surface area (Å²) in [5, 5.41) is 0. The molecule has 5 heteroatoms. The Bertz CT molecular complexity index is 459. The lowest BCUT2D eigenvalue weighted by Crippen LogP contribution is -2.36. The molecule has 0 fully saturated rings. The Morgan fingerprint density at radius 1 is 1.53 bits per heavy atom. The largest absolute Gasteiger partial charge is 0.396 e. The van der Waals surface area contributed by atoms with Crippen LogP contribution in [0.1, 0.15) is 5.56 Å². The van der Waals surface area contributed by atoms with E-state index in [1.54, 1.807) is 15.9 Å². The number of carbonyl (C=O) groups is 1. The molecule has 0 spiro atoms. The number of nitrogens with zero attached hydrogens (tertiary/aromatic N) is 2. The highest BCUT2D eigenvalue weighted by atomic mass is 19.1. The van der Waals surface area contributed by atoms with E-state index in [0.29, 0.717) is 30.8 Å². The number of amides is 1. The molecule has 0 atom stereocenters. The molecule has 4 nitrogen and oxygen atoms in total. The van der Waals surface area contributed by atoms with Gasteiger partial charge in [-0.1, -0.05) is 0 Å². The number of fused-ring (bicyclic) bond motifs is 1. The van der Waals surface area contributed by atoms with Gasteiger partial charge in [0.05, 0.1) is 12.2 Å². The second-order valence-electron chi connectivity index (χ2n) is 4.50. The van der Waals surface area contributed by atoms with E-state index in [-0.39, 0.29) is 17.4 Å². The third-order valence-electron chi connectivity index (χ3n) is 2.88. The van der Waals surface area contributed by atoms with Gasteiger partial charge in [0.1, 0.15) is 0 Å². The molecule has 1 amide bonds. The Kier molecular flexibility index (Phi) is 3.02. The Hall–Kier alpha value is -1.62. The number of likely N-dealkylation sites (N-methyl/N-ethyl adjacent to an activating group) is 1. The SMILES string of the molecule is CN(C)CC(=O)N1CCc2c1ccc(N)c2F. The molecule has 2 rings (SSSR count). The van der Waals surface area contributed by atoms with E-state index in [4.69, 9.17) is 5.73 Å². The van der Waals surface area contributed by atoms with E-state index >= 15 is 0 Å². The molecular weight excluding hydrogens is 221 g/mol. The summed E-state index contributed by atoms with van der Waals surface area (Å²) >= 11 is 0. The van der Waals surface area contributed by atoms with Gasteiger partial charge in [-0.3, -0.25) is 4.79 Å². The Balaban J connectivity index is 2.29. The van der Waals surface area contributed by atoms with E-state index < -0.39 is 0 Å². The summed E-state index contributed by atoms with van der Waals surface area (Å²) < 4.78 is 13.7. The number of nitrogens with two attached hydrogens (primary N) is 1. The van der Waals surface area contributed by atoms with Crippen LogP contribution in [0.25, 0.3) is 0 Å². The number of benzene rings is 1. The fourth-order valence-corrected chi connectivity index (χ4v) is 2.08. The Morgan fingerprint density at radius 2 is 2.24 bits per heavy atom. The molecule has 0 saturated heterocycles. The predicted octanol–water partition coefficient (Wildman–Crippen LogP) is 0.859. The molecule has 0 radical (unpaired) electrons. The van der Waals surface area contributed by atoms with E-state index in [1.807, 2.05) is 14.1 Å². The molecular formula is C12H16FN3O. The average molecular weight is 237 g/mol. The summed E-state index contributed by atoms with van der Waals surface area (Å²) in [5.74, 6) is -0.402. The van der Waals surface area contributed by atoms with Crippen LogP contribution in [-0.2, 0) is 11.2 Å². The van der Waals surface area contributed by atoms with Crippen LogP contribution < -0.4 is 10.6 Å². The van der Waals surface area contributed by atoms with Crippen molar-refractivity contribution in [3.8, 4) is 0 Å². The van der Waals surface area contributed by atoms with Crippen molar-refractivity contribution >= 4 is 17.3 Å². The zero-order chi connectivity index (χ0) is 12.6. The van der Waals surface area contributed by atoms with Crippen molar-refractivity contribution in [2.24, 2.45) is 0 Å². The maximum atomic E-state index is 13.7. The molecule has 1 aromatic carbocycles. The van der Waals surface area contributed by atoms with Gasteiger partial charge in [-0.2, -0.15) is 0 Å². The first kappa shape index (κ1) is 11.9. The lowest BCUT2D eigenvalue weighted by molar-refractivity contribution is -0.119. The third kappa shape index (κ3) is 2.10. The first-order chi connectivity index (χ1) is 8.00. The van der Waals surface area contributed by atoms with Crippen molar-refractivity contribution in [3.63, 3.8) is 0 Å². The first-order valence-electron chi connectivity index (χ1n) is 5.52. The minimum Gasteiger partial charge on any atom is -0.396 e. The molecule has 0 unspecified atom stereocenters. The van der Waals surface area contributed by atoms with Crippen LogP contribution in [0, 0.1) is 5.82 Å². The number of rotatable bonds is 2. The van der Waals surface area contributed by atoms with Crippen molar-refractivity contribution in [1.82, 2.24) is 4.90 Å². The minimum atomic E-state index is -0.386. The number of carbonyl (C=O) groups excluding carboxylic acids is 1. The van der Waals surface area contributed by atoms with Crippen molar-refractivity contribution < 1.29 is 9.18 Å². The van der Waals surface area contributed by atoms with Crippen molar-refractivity contribution in [3.05, 3.63) is 23.5 Å². The third-order valence-corrected chi connectivity index (χ3v) is 2.88. The van der Waals surface area contributed by atoms with Crippen LogP contribution in [0.15, 0.2) is 12.1 Å². The minimum absolute atomic E-state index is 0.0158. The molecule has 1 aromatic rings. The van der Waals surface area contributed by atoms with Gasteiger partial charge in [-0.05, 0) is 32.6 Å². The number of hydrogen-bond acceptors (Lipinski definition) is 3. The van der Waals surface area contributed by atoms with Crippen molar-refractivity contribution in [2.45, 2.75) is 6.42 Å². The van der Waals surface area contributed by atoms with Gasteiger partial charge in [0.15, 0.2) is 5.82 Å². The maximum Gasteiger partial charge on any atom is 0.241 e. The highest BCUT2D eigenvalue weighted by molar-refractivity contribution is 5.97. The molecule has 0 saturated carbocycles. The summed E-state index contributed by atoms with van der Waals surface area (Å²) in [5.41, 5.74) is 6.86. The van der Waals surface area contributed by atoms with Crippen molar-refractivity contribution in [1.29, 1.82) is 0 Å². The zero-order valence-electron chi connectivity index (χ0n) is 10.0. The molecule has 1 aliphatic rings. The lowest BCUT2D eigenvalue weighted by Gasteiger charge is -2.19. The average Bonchev–Trinajstić information content (AvgIpc) is 2.67. The van der Waals surface area contributed by atoms with Gasteiger partial charge in [-0.15, -0.1) is 0 Å². The molecule has 17 heavy (non-hydrogen) atoms. The summed E-state index contributed by atoms with van der Waals surface area (Å²) in [6.07, 6.45) is 0.533. The van der Waals surface area contributed by atoms with Gasteiger partial charge in [0.2, 0.25) is 5.91 Å². The summed E-state index contributed by atoms with van der Waals surface area (Å²) in [7, 11) is 3.66. The van der Waals surface area contributed by atoms with E-state index in [1.165, 1.54) is 6.07 Å². The summed E-state index contributed by atoms with van der Waals surface area (Å²) in [4.78, 5) is 15.4. The van der Waals surface area contributed by atoms with Crippen LogP contribution in [0.5, 0.6) is 0 Å². The fourth-order valence-electron chi connectivity index (χ4n) is 2.08. The Morgan fingerprint density at radius 3 is 2.88 bits per heavy atom. The normalized spacial score (nSPS) is 14.2. The number of anilines is 2. The molecule has 2 N–H and O–H groups in total. The Labute approximate surface area is 99.8 Å². The quantitative estimate of drug-likeness (QED) is 0.776. The maximum absolute atomic E-state index is 13.7. The van der Waals surface area contributed by atoms with Gasteiger partial charge in [0, 0.05) is 17.8 Å². The molecule has 1 heterocycles. The number of nitrogen functional groups attached to an aromatic ring is 1. The monoisotopic (exact) mass is 237 g/mol. The van der Waals surface area contributed by atoms with Gasteiger partial charge >= 0.3 is 0 Å². The van der Waals surface area contributed by atoms with Crippen LogP contribution in [0.3, 0.4) is 0 Å². The van der Waals surface area contributed by atoms with E-state index in [0.717, 1.165) is 0 Å². The second-order valence-corrected chi connectivity index (χ2v) is 4.50. The topological polar surface area (TPSA) is 49.6 Å². The van der Waals surface area contributed by atoms with E-state index in [2.05, 4.69) is 0 Å². The zero-order valence-corrected chi connectivity index (χ0v) is 10.0. The predicted molar refractivity (Wildman–Crippen MR) is 65.4 cm³/mol. The van der Waals surface area contributed by atoms with E-state index in [9.17, 15) is 9.18 Å². The fraction of sp³-hybridized carbons (Fsp3) is 0.417. The highest BCUT2D eigenvalue weighted by Crippen LogP contribution is 2.32. The molecule has 0 bridgehead atoms. The summed E-state index contributed by atoms with van der Waals surface area (Å²) in [6, 6.07) is 3.23. The molecule has 0 aromatic heterocycles. The first-order valence-corrected chi connectivity index (χ1v) is 5.52. The summed E-state index contributed by atoms with van der Waals surface area (Å²) in [6.45, 7) is 0.855. The molecule has 92 valence electrons. The van der Waals surface area contributed by atoms with Gasteiger partial charge in [0.25, 0.3) is 0 Å². The van der Waals surface area contributed by atoms with Crippen LogP contribution >= 0.6 is 0 Å². The molecule has 1 aliphatic heterocycles. The van der Waals surface area contributed by atoms with Crippen LogP contribution in [-0.4, -0.2) is 38.0 Å².